The van der Waals surface area contributed by atoms with Crippen LogP contribution >= 0.6 is 11.8 Å². The molecule has 1 aromatic carbocycles. The Balaban J connectivity index is 2.67. The highest BCUT2D eigenvalue weighted by Crippen LogP contribution is 2.30. The lowest BCUT2D eigenvalue weighted by Gasteiger charge is -2.08. The maximum absolute atomic E-state index is 9.29. The van der Waals surface area contributed by atoms with Gasteiger partial charge in [0, 0.05) is 5.56 Å². The summed E-state index contributed by atoms with van der Waals surface area (Å²) in [5.74, 6) is 0.852. The van der Waals surface area contributed by atoms with E-state index in [0.717, 1.165) is 5.56 Å². The number of aromatic nitrogens is 2. The van der Waals surface area contributed by atoms with E-state index in [4.69, 9.17) is 10.5 Å². The number of hydrogen-bond acceptors (Lipinski definition) is 6. The zero-order chi connectivity index (χ0) is 13.8. The molecule has 0 atom stereocenters. The van der Waals surface area contributed by atoms with E-state index in [9.17, 15) is 5.26 Å². The van der Waals surface area contributed by atoms with Gasteiger partial charge in [0.15, 0.2) is 0 Å². The topological polar surface area (TPSA) is 84.8 Å². The summed E-state index contributed by atoms with van der Waals surface area (Å²) in [6.07, 6.45) is 1.85. The Morgan fingerprint density at radius 3 is 2.79 bits per heavy atom. The van der Waals surface area contributed by atoms with Gasteiger partial charge < -0.3 is 10.5 Å². The maximum atomic E-state index is 9.29. The van der Waals surface area contributed by atoms with Crippen LogP contribution in [0, 0.1) is 11.3 Å². The lowest BCUT2D eigenvalue weighted by Crippen LogP contribution is -2.02. The molecule has 2 N–H and O–H groups in total. The van der Waals surface area contributed by atoms with Gasteiger partial charge in [-0.2, -0.15) is 5.26 Å². The first-order chi connectivity index (χ1) is 9.19. The molecule has 0 aliphatic carbocycles. The van der Waals surface area contributed by atoms with Gasteiger partial charge in [-0.3, -0.25) is 0 Å². The van der Waals surface area contributed by atoms with E-state index in [1.54, 1.807) is 7.11 Å². The molecule has 19 heavy (non-hydrogen) atoms. The van der Waals surface area contributed by atoms with E-state index in [1.165, 1.54) is 11.8 Å². The molecular formula is C13H12N4OS. The fraction of sp³-hybridized carbons (Fsp3) is 0.154. The van der Waals surface area contributed by atoms with Gasteiger partial charge in [0.25, 0.3) is 0 Å². The predicted molar refractivity (Wildman–Crippen MR) is 74.9 cm³/mol. The molecule has 0 spiro atoms. The van der Waals surface area contributed by atoms with Gasteiger partial charge in [0.1, 0.15) is 22.4 Å². The summed E-state index contributed by atoms with van der Waals surface area (Å²) in [5.41, 5.74) is 7.42. The molecule has 0 aliphatic heterocycles. The molecule has 0 fully saturated rings. The van der Waals surface area contributed by atoms with Crippen LogP contribution in [0.2, 0.25) is 0 Å². The van der Waals surface area contributed by atoms with Crippen molar-refractivity contribution in [2.45, 2.75) is 5.03 Å². The van der Waals surface area contributed by atoms with Crippen molar-refractivity contribution >= 4 is 17.7 Å². The zero-order valence-electron chi connectivity index (χ0n) is 10.5. The molecule has 96 valence electrons. The third-order valence-electron chi connectivity index (χ3n) is 2.54. The Labute approximate surface area is 115 Å². The second-order valence-corrected chi connectivity index (χ2v) is 4.45. The SMILES string of the molecule is COc1cccc(-c2nc(N)nc(SC)c2C#N)c1. The van der Waals surface area contributed by atoms with Gasteiger partial charge in [-0.15, -0.1) is 11.8 Å². The number of benzene rings is 1. The summed E-state index contributed by atoms with van der Waals surface area (Å²) in [7, 11) is 1.59. The number of methoxy groups -OCH3 is 1. The van der Waals surface area contributed by atoms with E-state index in [1.807, 2.05) is 30.5 Å². The van der Waals surface area contributed by atoms with Gasteiger partial charge in [-0.1, -0.05) is 12.1 Å². The minimum atomic E-state index is 0.154. The molecule has 0 saturated carbocycles. The summed E-state index contributed by atoms with van der Waals surface area (Å²) in [4.78, 5) is 8.24. The van der Waals surface area contributed by atoms with Crippen molar-refractivity contribution in [3.63, 3.8) is 0 Å². The molecule has 6 heteroatoms. The van der Waals surface area contributed by atoms with Gasteiger partial charge in [-0.25, -0.2) is 9.97 Å². The van der Waals surface area contributed by atoms with E-state index < -0.39 is 0 Å². The third-order valence-corrected chi connectivity index (χ3v) is 3.22. The number of nitriles is 1. The molecule has 5 nitrogen and oxygen atoms in total. The quantitative estimate of drug-likeness (QED) is 0.681. The first kappa shape index (κ1) is 13.2. The summed E-state index contributed by atoms with van der Waals surface area (Å²) in [5, 5.41) is 9.87. The second-order valence-electron chi connectivity index (χ2n) is 3.66. The highest BCUT2D eigenvalue weighted by molar-refractivity contribution is 7.98. The number of anilines is 1. The number of thioether (sulfide) groups is 1. The Hall–Kier alpha value is -2.26. The van der Waals surface area contributed by atoms with Crippen molar-refractivity contribution in [2.75, 3.05) is 19.1 Å². The first-order valence-corrected chi connectivity index (χ1v) is 6.68. The van der Waals surface area contributed by atoms with Crippen molar-refractivity contribution in [1.29, 1.82) is 5.26 Å². The number of nitrogen functional groups attached to an aromatic ring is 1. The average molecular weight is 272 g/mol. The lowest BCUT2D eigenvalue weighted by atomic mass is 10.1. The van der Waals surface area contributed by atoms with Crippen LogP contribution in [-0.4, -0.2) is 23.3 Å². The van der Waals surface area contributed by atoms with Crippen LogP contribution in [0.25, 0.3) is 11.3 Å². The van der Waals surface area contributed by atoms with Crippen molar-refractivity contribution < 1.29 is 4.74 Å². The second kappa shape index (κ2) is 5.59. The third kappa shape index (κ3) is 2.61. The molecule has 1 heterocycles. The molecule has 0 aliphatic rings. The van der Waals surface area contributed by atoms with Crippen LogP contribution in [-0.2, 0) is 0 Å². The number of ether oxygens (including phenoxy) is 1. The van der Waals surface area contributed by atoms with E-state index in [-0.39, 0.29) is 5.95 Å². The fourth-order valence-electron chi connectivity index (χ4n) is 1.68. The average Bonchev–Trinajstić information content (AvgIpc) is 2.46. The number of rotatable bonds is 3. The maximum Gasteiger partial charge on any atom is 0.221 e. The van der Waals surface area contributed by atoms with E-state index >= 15 is 0 Å². The lowest BCUT2D eigenvalue weighted by molar-refractivity contribution is 0.415. The van der Waals surface area contributed by atoms with Crippen LogP contribution in [0.4, 0.5) is 5.95 Å². The largest absolute Gasteiger partial charge is 0.497 e. The van der Waals surface area contributed by atoms with Gasteiger partial charge in [-0.05, 0) is 18.4 Å². The highest BCUT2D eigenvalue weighted by Gasteiger charge is 2.14. The van der Waals surface area contributed by atoms with Crippen LogP contribution in [0.15, 0.2) is 29.3 Å². The normalized spacial score (nSPS) is 9.95. The highest BCUT2D eigenvalue weighted by atomic mass is 32.2. The summed E-state index contributed by atoms with van der Waals surface area (Å²) < 4.78 is 5.17. The summed E-state index contributed by atoms with van der Waals surface area (Å²) >= 11 is 1.37. The van der Waals surface area contributed by atoms with Crippen LogP contribution < -0.4 is 10.5 Å². The van der Waals surface area contributed by atoms with Gasteiger partial charge in [0.2, 0.25) is 5.95 Å². The van der Waals surface area contributed by atoms with E-state index in [0.29, 0.717) is 22.0 Å². The van der Waals surface area contributed by atoms with Crippen LogP contribution in [0.5, 0.6) is 5.75 Å². The number of nitrogens with zero attached hydrogens (tertiary/aromatic N) is 3. The minimum Gasteiger partial charge on any atom is -0.497 e. The Kier molecular flexibility index (Phi) is 3.88. The molecule has 0 bridgehead atoms. The summed E-state index contributed by atoms with van der Waals surface area (Å²) in [6, 6.07) is 9.47. The van der Waals surface area contributed by atoms with Gasteiger partial charge >= 0.3 is 0 Å². The molecule has 0 saturated heterocycles. The monoisotopic (exact) mass is 272 g/mol. The first-order valence-electron chi connectivity index (χ1n) is 5.45. The Morgan fingerprint density at radius 2 is 2.16 bits per heavy atom. The fourth-order valence-corrected chi connectivity index (χ4v) is 2.22. The molecule has 0 radical (unpaired) electrons. The van der Waals surface area contributed by atoms with E-state index in [2.05, 4.69) is 16.0 Å². The predicted octanol–water partition coefficient (Wildman–Crippen LogP) is 2.33. The number of nitrogens with two attached hydrogens (primary N) is 1. The Bertz CT molecular complexity index is 652. The smallest absolute Gasteiger partial charge is 0.221 e. The standard InChI is InChI=1S/C13H12N4OS/c1-18-9-5-3-4-8(6-9)11-10(7-14)12(19-2)17-13(15)16-11/h3-6H,1-2H3,(H2,15,16,17). The molecule has 1 aromatic heterocycles. The Morgan fingerprint density at radius 1 is 1.37 bits per heavy atom. The van der Waals surface area contributed by atoms with Crippen molar-refractivity contribution in [3.05, 3.63) is 29.8 Å². The minimum absolute atomic E-state index is 0.154. The zero-order valence-corrected chi connectivity index (χ0v) is 11.4. The molecule has 2 rings (SSSR count). The molecular weight excluding hydrogens is 260 g/mol. The van der Waals surface area contributed by atoms with Crippen LogP contribution in [0.1, 0.15) is 5.56 Å². The van der Waals surface area contributed by atoms with Crippen LogP contribution in [0.3, 0.4) is 0 Å². The number of hydrogen-bond donors (Lipinski definition) is 1. The van der Waals surface area contributed by atoms with Crippen molar-refractivity contribution in [3.8, 4) is 23.1 Å². The molecule has 0 unspecified atom stereocenters. The van der Waals surface area contributed by atoms with Gasteiger partial charge in [0.05, 0.1) is 12.8 Å². The molecule has 0 amide bonds. The van der Waals surface area contributed by atoms with Crippen molar-refractivity contribution in [2.24, 2.45) is 0 Å². The van der Waals surface area contributed by atoms with Crippen molar-refractivity contribution in [1.82, 2.24) is 9.97 Å². The summed E-state index contributed by atoms with van der Waals surface area (Å²) in [6.45, 7) is 0. The molecule has 2 aromatic rings.